The van der Waals surface area contributed by atoms with Gasteiger partial charge in [-0.1, -0.05) is 121 Å². The third-order valence-corrected chi connectivity index (χ3v) is 11.1. The third-order valence-electron chi connectivity index (χ3n) is 10.0. The number of nitrogens with zero attached hydrogens (tertiary/aromatic N) is 6. The Morgan fingerprint density at radius 3 is 1.53 bits per heavy atom. The minimum absolute atomic E-state index is 0.569. The van der Waals surface area contributed by atoms with E-state index in [2.05, 4.69) is 112 Å². The fourth-order valence-corrected chi connectivity index (χ4v) is 8.59. The molecule has 0 bridgehead atoms. The third kappa shape index (κ3) is 4.71. The molecule has 0 saturated heterocycles. The Bertz CT molecular complexity index is 3070. The lowest BCUT2D eigenvalue weighted by Gasteiger charge is -2.13. The van der Waals surface area contributed by atoms with Crippen LogP contribution in [0.15, 0.2) is 170 Å². The second-order valence-corrected chi connectivity index (χ2v) is 14.1. The summed E-state index contributed by atoms with van der Waals surface area (Å²) in [7, 11) is 0. The number of hydrogen-bond donors (Lipinski definition) is 0. The summed E-state index contributed by atoms with van der Waals surface area (Å²) in [6.07, 6.45) is 0. The number of benzene rings is 7. The van der Waals surface area contributed by atoms with Crippen molar-refractivity contribution < 1.29 is 0 Å². The zero-order chi connectivity index (χ0) is 34.9. The lowest BCUT2D eigenvalue weighted by atomic mass is 10.1. The number of fused-ring (bicyclic) bond motifs is 8. The topological polar surface area (TPSA) is 61.4 Å². The molecule has 4 heterocycles. The molecule has 0 N–H and O–H groups in total. The van der Waals surface area contributed by atoms with E-state index in [9.17, 15) is 0 Å². The van der Waals surface area contributed by atoms with Crippen LogP contribution in [0.25, 0.3) is 98.8 Å². The minimum atomic E-state index is 0.569. The van der Waals surface area contributed by atoms with Gasteiger partial charge in [0, 0.05) is 43.9 Å². The van der Waals surface area contributed by atoms with Crippen LogP contribution >= 0.6 is 11.3 Å². The molecule has 0 spiro atoms. The smallest absolute Gasteiger partial charge is 0.238 e. The zero-order valence-electron chi connectivity index (χ0n) is 28.3. The normalized spacial score (nSPS) is 11.8. The fourth-order valence-electron chi connectivity index (χ4n) is 7.62. The summed E-state index contributed by atoms with van der Waals surface area (Å²) in [5, 5.41) is 5.62. The maximum absolute atomic E-state index is 5.22. The van der Waals surface area contributed by atoms with Crippen molar-refractivity contribution in [3.63, 3.8) is 0 Å². The monoisotopic (exact) mass is 696 g/mol. The lowest BCUT2D eigenvalue weighted by molar-refractivity contribution is 0.953. The van der Waals surface area contributed by atoms with Gasteiger partial charge in [-0.05, 0) is 48.5 Å². The van der Waals surface area contributed by atoms with Crippen LogP contribution in [0.1, 0.15) is 0 Å². The van der Waals surface area contributed by atoms with Gasteiger partial charge in [-0.2, -0.15) is 9.97 Å². The number of thiazole rings is 1. The Labute approximate surface area is 307 Å². The number of aromatic nitrogens is 6. The van der Waals surface area contributed by atoms with E-state index in [1.807, 2.05) is 66.7 Å². The number of hydrogen-bond acceptors (Lipinski definition) is 5. The Kier molecular flexibility index (Phi) is 6.62. The summed E-state index contributed by atoms with van der Waals surface area (Å²) in [5.41, 5.74) is 9.35. The van der Waals surface area contributed by atoms with Crippen LogP contribution < -0.4 is 0 Å². The van der Waals surface area contributed by atoms with E-state index in [0.29, 0.717) is 17.6 Å². The SMILES string of the molecule is c1ccc(-c2nc(-c3ccccc3)nc(-n3c4ccccc4c4ccc5c6ccccc6n(-c6ccc(-c7nc8ccccc8s7)cc6)c5c43)n2)cc1. The van der Waals surface area contributed by atoms with Crippen LogP contribution in [0.5, 0.6) is 0 Å². The average molecular weight is 697 g/mol. The van der Waals surface area contributed by atoms with Crippen molar-refractivity contribution >= 4 is 65.2 Å². The highest BCUT2D eigenvalue weighted by Gasteiger charge is 2.23. The van der Waals surface area contributed by atoms with Crippen LogP contribution in [-0.4, -0.2) is 29.1 Å². The van der Waals surface area contributed by atoms with Gasteiger partial charge in [-0.25, -0.2) is 9.97 Å². The molecule has 6 nitrogen and oxygen atoms in total. The molecule has 0 atom stereocenters. The van der Waals surface area contributed by atoms with Crippen LogP contribution in [-0.2, 0) is 0 Å². The van der Waals surface area contributed by atoms with E-state index < -0.39 is 0 Å². The Hall–Kier alpha value is -6.96. The van der Waals surface area contributed by atoms with Crippen molar-refractivity contribution in [2.75, 3.05) is 0 Å². The van der Waals surface area contributed by atoms with Gasteiger partial charge in [-0.15, -0.1) is 11.3 Å². The molecule has 0 radical (unpaired) electrons. The van der Waals surface area contributed by atoms with Crippen molar-refractivity contribution in [3.05, 3.63) is 170 Å². The van der Waals surface area contributed by atoms with Gasteiger partial charge in [0.25, 0.3) is 0 Å². The molecule has 0 fully saturated rings. The van der Waals surface area contributed by atoms with Crippen LogP contribution in [0.4, 0.5) is 0 Å². The fraction of sp³-hybridized carbons (Fsp3) is 0. The zero-order valence-corrected chi connectivity index (χ0v) is 29.1. The molecule has 0 unspecified atom stereocenters. The predicted octanol–water partition coefficient (Wildman–Crippen LogP) is 11.7. The van der Waals surface area contributed by atoms with Crippen molar-refractivity contribution in [2.45, 2.75) is 0 Å². The second kappa shape index (κ2) is 11.8. The quantitative estimate of drug-likeness (QED) is 0.180. The summed E-state index contributed by atoms with van der Waals surface area (Å²) in [5.74, 6) is 1.82. The first-order valence-electron chi connectivity index (χ1n) is 17.6. The Morgan fingerprint density at radius 1 is 0.377 bits per heavy atom. The molecule has 248 valence electrons. The van der Waals surface area contributed by atoms with Gasteiger partial charge in [-0.3, -0.25) is 4.57 Å². The summed E-state index contributed by atoms with van der Waals surface area (Å²) < 4.78 is 5.81. The predicted molar refractivity (Wildman–Crippen MR) is 218 cm³/mol. The van der Waals surface area contributed by atoms with Gasteiger partial charge in [0.15, 0.2) is 11.6 Å². The molecule has 0 aliphatic rings. The van der Waals surface area contributed by atoms with Crippen LogP contribution in [0.2, 0.25) is 0 Å². The lowest BCUT2D eigenvalue weighted by Crippen LogP contribution is -2.07. The van der Waals surface area contributed by atoms with Gasteiger partial charge >= 0.3 is 0 Å². The molecule has 53 heavy (non-hydrogen) atoms. The first kappa shape index (κ1) is 29.7. The molecule has 11 rings (SSSR count). The molecule has 7 aromatic carbocycles. The van der Waals surface area contributed by atoms with Gasteiger partial charge < -0.3 is 4.57 Å². The van der Waals surface area contributed by atoms with Crippen LogP contribution in [0.3, 0.4) is 0 Å². The average Bonchev–Trinajstić information content (AvgIpc) is 3.92. The van der Waals surface area contributed by atoms with Crippen molar-refractivity contribution in [1.82, 2.24) is 29.1 Å². The molecule has 0 aliphatic heterocycles. The van der Waals surface area contributed by atoms with Crippen molar-refractivity contribution in [3.8, 4) is 45.0 Å². The molecule has 0 aliphatic carbocycles. The van der Waals surface area contributed by atoms with Gasteiger partial charge in [0.1, 0.15) is 5.01 Å². The number of rotatable bonds is 5. The summed E-state index contributed by atoms with van der Waals surface area (Å²) >= 11 is 1.72. The van der Waals surface area contributed by atoms with E-state index in [1.165, 1.54) is 10.1 Å². The first-order chi connectivity index (χ1) is 26.3. The first-order valence-corrected chi connectivity index (χ1v) is 18.4. The van der Waals surface area contributed by atoms with Gasteiger partial charge in [0.05, 0.1) is 32.3 Å². The second-order valence-electron chi connectivity index (χ2n) is 13.1. The van der Waals surface area contributed by atoms with E-state index in [1.54, 1.807) is 11.3 Å². The van der Waals surface area contributed by atoms with E-state index >= 15 is 0 Å². The summed E-state index contributed by atoms with van der Waals surface area (Å²) in [6.45, 7) is 0. The summed E-state index contributed by atoms with van der Waals surface area (Å²) in [6, 6.07) is 59.1. The maximum atomic E-state index is 5.22. The Balaban J connectivity index is 1.22. The van der Waals surface area contributed by atoms with E-state index in [-0.39, 0.29) is 0 Å². The molecular weight excluding hydrogens is 669 g/mol. The molecular formula is C46H28N6S. The molecule has 0 saturated carbocycles. The van der Waals surface area contributed by atoms with E-state index in [4.69, 9.17) is 19.9 Å². The van der Waals surface area contributed by atoms with Crippen molar-refractivity contribution in [1.29, 1.82) is 0 Å². The van der Waals surface area contributed by atoms with E-state index in [0.717, 1.165) is 71.1 Å². The summed E-state index contributed by atoms with van der Waals surface area (Å²) in [4.78, 5) is 20.4. The molecule has 11 aromatic rings. The highest BCUT2D eigenvalue weighted by Crippen LogP contribution is 2.42. The van der Waals surface area contributed by atoms with Gasteiger partial charge in [0.2, 0.25) is 5.95 Å². The molecule has 7 heteroatoms. The van der Waals surface area contributed by atoms with Crippen LogP contribution in [0, 0.1) is 0 Å². The molecule has 0 amide bonds. The number of para-hydroxylation sites is 3. The highest BCUT2D eigenvalue weighted by atomic mass is 32.1. The minimum Gasteiger partial charge on any atom is -0.307 e. The Morgan fingerprint density at radius 2 is 0.906 bits per heavy atom. The largest absolute Gasteiger partial charge is 0.307 e. The molecule has 4 aromatic heterocycles. The maximum Gasteiger partial charge on any atom is 0.238 e. The highest BCUT2D eigenvalue weighted by molar-refractivity contribution is 7.21. The van der Waals surface area contributed by atoms with Crippen molar-refractivity contribution in [2.24, 2.45) is 0 Å². The standard InChI is InChI=1S/C46H28N6S/c1-3-13-29(14-4-1)43-48-44(30-15-5-2-6-16-30)50-46(49-43)52-39-21-11-8-18-34(39)36-28-27-35-33-17-7-10-20-38(33)51(41(35)42(36)52)32-25-23-31(24-26-32)45-47-37-19-9-12-22-40(37)53-45/h1-28H.